The summed E-state index contributed by atoms with van der Waals surface area (Å²) in [5, 5.41) is 0. The second-order valence-corrected chi connectivity index (χ2v) is 5.05. The average molecular weight is 134 g/mol. The van der Waals surface area contributed by atoms with Crippen LogP contribution in [-0.2, 0) is 0 Å². The Hall–Kier alpha value is 0. The highest BCUT2D eigenvalue weighted by Crippen LogP contribution is 2.74. The van der Waals surface area contributed by atoms with Crippen molar-refractivity contribution in [1.29, 1.82) is 0 Å². The van der Waals surface area contributed by atoms with E-state index in [4.69, 9.17) is 0 Å². The summed E-state index contributed by atoms with van der Waals surface area (Å²) < 4.78 is 0. The van der Waals surface area contributed by atoms with Crippen LogP contribution in [0.2, 0.25) is 0 Å². The van der Waals surface area contributed by atoms with Gasteiger partial charge >= 0.3 is 0 Å². The standard InChI is InChI=1S/C10H14/c1-2-8-7(1)9-5-3-6(4-5)10(8)9/h5-10H,1-4H2. The average Bonchev–Trinajstić information content (AvgIpc) is 2.14. The summed E-state index contributed by atoms with van der Waals surface area (Å²) in [5.41, 5.74) is 0. The van der Waals surface area contributed by atoms with Crippen molar-refractivity contribution in [2.24, 2.45) is 35.5 Å². The molecule has 5 aliphatic rings. The molecule has 5 saturated carbocycles. The van der Waals surface area contributed by atoms with Gasteiger partial charge in [-0.15, -0.1) is 0 Å². The quantitative estimate of drug-likeness (QED) is 0.477. The lowest BCUT2D eigenvalue weighted by molar-refractivity contribution is -0.0852. The van der Waals surface area contributed by atoms with Gasteiger partial charge in [0.2, 0.25) is 0 Å². The van der Waals surface area contributed by atoms with Crippen molar-refractivity contribution in [2.75, 3.05) is 0 Å². The summed E-state index contributed by atoms with van der Waals surface area (Å²) >= 11 is 0. The molecule has 0 heterocycles. The Bertz CT molecular complexity index is 170. The van der Waals surface area contributed by atoms with Gasteiger partial charge in [-0.05, 0) is 61.2 Å². The topological polar surface area (TPSA) is 0 Å². The third-order valence-electron chi connectivity index (χ3n) is 5.12. The first kappa shape index (κ1) is 4.79. The largest absolute Gasteiger partial charge is 0.0496 e. The summed E-state index contributed by atoms with van der Waals surface area (Å²) in [6, 6.07) is 0. The van der Waals surface area contributed by atoms with Crippen molar-refractivity contribution in [3.8, 4) is 0 Å². The minimum Gasteiger partial charge on any atom is -0.0496 e. The highest BCUT2D eigenvalue weighted by molar-refractivity contribution is 5.16. The van der Waals surface area contributed by atoms with Crippen LogP contribution in [0, 0.1) is 35.5 Å². The first-order valence-electron chi connectivity index (χ1n) is 4.95. The zero-order chi connectivity index (χ0) is 6.29. The molecule has 0 aliphatic heterocycles. The third kappa shape index (κ3) is 0.286. The number of fused-ring (bicyclic) bond motifs is 1. The number of hydrogen-bond acceptors (Lipinski definition) is 0. The smallest absolute Gasteiger partial charge is 0.0321 e. The van der Waals surface area contributed by atoms with E-state index in [9.17, 15) is 0 Å². The van der Waals surface area contributed by atoms with Gasteiger partial charge in [0.15, 0.2) is 0 Å². The van der Waals surface area contributed by atoms with Crippen molar-refractivity contribution in [1.82, 2.24) is 0 Å². The number of rotatable bonds is 0. The molecular formula is C10H14. The Kier molecular flexibility index (Phi) is 0.570. The second kappa shape index (κ2) is 1.19. The molecule has 0 radical (unpaired) electrons. The molecule has 0 N–H and O–H groups in total. The molecule has 0 saturated heterocycles. The van der Waals surface area contributed by atoms with Gasteiger partial charge in [0, 0.05) is 0 Å². The summed E-state index contributed by atoms with van der Waals surface area (Å²) in [4.78, 5) is 0. The van der Waals surface area contributed by atoms with E-state index in [0.29, 0.717) is 0 Å². The maximum atomic E-state index is 1.64. The van der Waals surface area contributed by atoms with Gasteiger partial charge in [0.1, 0.15) is 0 Å². The molecule has 5 aliphatic carbocycles. The van der Waals surface area contributed by atoms with Gasteiger partial charge < -0.3 is 0 Å². The van der Waals surface area contributed by atoms with Crippen LogP contribution >= 0.6 is 0 Å². The van der Waals surface area contributed by atoms with Crippen molar-refractivity contribution in [3.05, 3.63) is 0 Å². The van der Waals surface area contributed by atoms with Crippen LogP contribution < -0.4 is 0 Å². The van der Waals surface area contributed by atoms with E-state index in [0.717, 1.165) is 0 Å². The van der Waals surface area contributed by atoms with Crippen LogP contribution in [0.4, 0.5) is 0 Å². The predicted octanol–water partition coefficient (Wildman–Crippen LogP) is 2.30. The Morgan fingerprint density at radius 3 is 1.60 bits per heavy atom. The van der Waals surface area contributed by atoms with Gasteiger partial charge in [-0.1, -0.05) is 0 Å². The fourth-order valence-corrected chi connectivity index (χ4v) is 4.60. The predicted molar refractivity (Wildman–Crippen MR) is 39.4 cm³/mol. The number of hydrogen-bond donors (Lipinski definition) is 0. The summed E-state index contributed by atoms with van der Waals surface area (Å²) in [6.45, 7) is 0. The molecule has 4 atom stereocenters. The van der Waals surface area contributed by atoms with Crippen molar-refractivity contribution in [2.45, 2.75) is 25.7 Å². The van der Waals surface area contributed by atoms with E-state index in [1.807, 2.05) is 0 Å². The zero-order valence-electron chi connectivity index (χ0n) is 6.29. The molecule has 2 bridgehead atoms. The Morgan fingerprint density at radius 1 is 0.700 bits per heavy atom. The van der Waals surface area contributed by atoms with Gasteiger partial charge in [-0.2, -0.15) is 0 Å². The molecule has 0 aromatic heterocycles. The molecule has 0 amide bonds. The second-order valence-electron chi connectivity index (χ2n) is 5.05. The van der Waals surface area contributed by atoms with Crippen molar-refractivity contribution in [3.63, 3.8) is 0 Å². The lowest BCUT2D eigenvalue weighted by Crippen LogP contribution is -2.51. The highest BCUT2D eigenvalue weighted by Gasteiger charge is 2.68. The maximum absolute atomic E-state index is 1.64. The molecule has 10 heavy (non-hydrogen) atoms. The van der Waals surface area contributed by atoms with Gasteiger partial charge in [-0.25, -0.2) is 0 Å². The molecule has 5 fully saturated rings. The first-order valence-corrected chi connectivity index (χ1v) is 4.95. The fourth-order valence-electron chi connectivity index (χ4n) is 4.60. The van der Waals surface area contributed by atoms with Crippen LogP contribution in [0.1, 0.15) is 25.7 Å². The fraction of sp³-hybridized carbons (Fsp3) is 1.00. The van der Waals surface area contributed by atoms with E-state index in [2.05, 4.69) is 0 Å². The Morgan fingerprint density at radius 2 is 1.20 bits per heavy atom. The molecule has 0 heteroatoms. The lowest BCUT2D eigenvalue weighted by atomic mass is 9.48. The normalized spacial score (nSPS) is 74.4. The summed E-state index contributed by atoms with van der Waals surface area (Å²) in [6.07, 6.45) is 6.49. The summed E-state index contributed by atoms with van der Waals surface area (Å²) in [7, 11) is 0. The van der Waals surface area contributed by atoms with Crippen LogP contribution in [0.5, 0.6) is 0 Å². The monoisotopic (exact) mass is 134 g/mol. The zero-order valence-corrected chi connectivity index (χ0v) is 6.29. The van der Waals surface area contributed by atoms with Gasteiger partial charge in [0.05, 0.1) is 0 Å². The van der Waals surface area contributed by atoms with E-state index < -0.39 is 0 Å². The minimum atomic E-state index is 1.23. The molecule has 4 unspecified atom stereocenters. The van der Waals surface area contributed by atoms with Crippen molar-refractivity contribution < 1.29 is 0 Å². The SMILES string of the molecule is C1C2CC1C1C3CCC3C21. The summed E-state index contributed by atoms with van der Waals surface area (Å²) in [5.74, 6) is 7.51. The molecule has 5 rings (SSSR count). The van der Waals surface area contributed by atoms with Gasteiger partial charge in [-0.3, -0.25) is 0 Å². The maximum Gasteiger partial charge on any atom is -0.0321 e. The van der Waals surface area contributed by atoms with Crippen LogP contribution in [0.3, 0.4) is 0 Å². The van der Waals surface area contributed by atoms with Gasteiger partial charge in [0.25, 0.3) is 0 Å². The van der Waals surface area contributed by atoms with Crippen LogP contribution in [0.15, 0.2) is 0 Å². The molecule has 0 nitrogen and oxygen atoms in total. The minimum absolute atomic E-state index is 1.23. The molecule has 0 aromatic carbocycles. The molecular weight excluding hydrogens is 120 g/mol. The van der Waals surface area contributed by atoms with E-state index in [1.54, 1.807) is 25.7 Å². The third-order valence-corrected chi connectivity index (χ3v) is 5.12. The van der Waals surface area contributed by atoms with Crippen LogP contribution in [-0.4, -0.2) is 0 Å². The highest BCUT2D eigenvalue weighted by atomic mass is 14.7. The van der Waals surface area contributed by atoms with E-state index >= 15 is 0 Å². The Balaban J connectivity index is 1.78. The first-order chi connectivity index (χ1) is 4.95. The molecule has 0 aromatic rings. The molecule has 0 spiro atoms. The Labute approximate surface area is 62.0 Å². The van der Waals surface area contributed by atoms with E-state index in [1.165, 1.54) is 35.5 Å². The lowest BCUT2D eigenvalue weighted by Gasteiger charge is -2.57. The van der Waals surface area contributed by atoms with Crippen LogP contribution in [0.25, 0.3) is 0 Å². The molecule has 54 valence electrons. The van der Waals surface area contributed by atoms with Crippen molar-refractivity contribution >= 4 is 0 Å². The van der Waals surface area contributed by atoms with E-state index in [-0.39, 0.29) is 0 Å².